The minimum atomic E-state index is -4.29. The number of sulfonamides is 1. The van der Waals surface area contributed by atoms with Gasteiger partial charge in [0.1, 0.15) is 12.6 Å². The largest absolute Gasteiger partial charge is 0.493 e. The topological polar surface area (TPSA) is 105 Å². The zero-order valence-electron chi connectivity index (χ0n) is 23.9. The smallest absolute Gasteiger partial charge is 0.264 e. The van der Waals surface area contributed by atoms with Crippen molar-refractivity contribution in [1.82, 2.24) is 10.2 Å². The Kier molecular flexibility index (Phi) is 11.0. The number of ether oxygens (including phenoxy) is 2. The fraction of sp³-hybridized carbons (Fsp3) is 0.333. The standard InChI is InChI=1S/C30H36ClN3O6S/c1-6-17-32-30(36)22(3)33(19-23-9-7-21(2)8-10-23)29(35)20-34(25-13-11-24(31)12-14-25)41(37,38)26-15-16-27(39-4)28(18-26)40-5/h7-16,18,22H,6,17,19-20H2,1-5H3,(H,32,36)/t22-/m0/s1. The number of benzene rings is 3. The van der Waals surface area contributed by atoms with Crippen molar-refractivity contribution in [2.45, 2.75) is 44.7 Å². The van der Waals surface area contributed by atoms with E-state index in [0.717, 1.165) is 21.9 Å². The number of carbonyl (C=O) groups is 2. The van der Waals surface area contributed by atoms with Crippen LogP contribution in [0.15, 0.2) is 71.6 Å². The maximum atomic E-state index is 14.0. The van der Waals surface area contributed by atoms with E-state index in [4.69, 9.17) is 21.1 Å². The lowest BCUT2D eigenvalue weighted by molar-refractivity contribution is -0.139. The number of hydrogen-bond acceptors (Lipinski definition) is 6. The first-order valence-electron chi connectivity index (χ1n) is 13.1. The van der Waals surface area contributed by atoms with E-state index in [1.54, 1.807) is 19.1 Å². The van der Waals surface area contributed by atoms with Crippen molar-refractivity contribution in [3.05, 3.63) is 82.9 Å². The minimum Gasteiger partial charge on any atom is -0.493 e. The van der Waals surface area contributed by atoms with E-state index in [2.05, 4.69) is 5.32 Å². The number of nitrogens with one attached hydrogen (secondary N) is 1. The third-order valence-corrected chi connectivity index (χ3v) is 8.55. The predicted octanol–water partition coefficient (Wildman–Crippen LogP) is 4.80. The summed E-state index contributed by atoms with van der Waals surface area (Å²) in [6.45, 7) is 5.53. The number of halogens is 1. The highest BCUT2D eigenvalue weighted by Gasteiger charge is 2.33. The summed E-state index contributed by atoms with van der Waals surface area (Å²) < 4.78 is 39.6. The lowest BCUT2D eigenvalue weighted by atomic mass is 10.1. The minimum absolute atomic E-state index is 0.100. The Labute approximate surface area is 247 Å². The van der Waals surface area contributed by atoms with Crippen LogP contribution in [-0.2, 0) is 26.2 Å². The van der Waals surface area contributed by atoms with E-state index in [9.17, 15) is 18.0 Å². The molecule has 0 fully saturated rings. The molecular formula is C30H36ClN3O6S. The third-order valence-electron chi connectivity index (χ3n) is 6.53. The SMILES string of the molecule is CCCNC(=O)[C@H](C)N(Cc1ccc(C)cc1)C(=O)CN(c1ccc(Cl)cc1)S(=O)(=O)c1ccc(OC)c(OC)c1. The van der Waals surface area contributed by atoms with Gasteiger partial charge in [-0.05, 0) is 62.2 Å². The average molecular weight is 602 g/mol. The summed E-state index contributed by atoms with van der Waals surface area (Å²) in [7, 11) is -1.43. The van der Waals surface area contributed by atoms with Crippen molar-refractivity contribution in [3.63, 3.8) is 0 Å². The fourth-order valence-corrected chi connectivity index (χ4v) is 5.67. The molecule has 1 atom stereocenters. The second-order valence-electron chi connectivity index (χ2n) is 9.48. The molecule has 3 rings (SSSR count). The van der Waals surface area contributed by atoms with E-state index in [0.29, 0.717) is 17.3 Å². The molecular weight excluding hydrogens is 566 g/mol. The van der Waals surface area contributed by atoms with E-state index in [1.807, 2.05) is 38.1 Å². The second-order valence-corrected chi connectivity index (χ2v) is 11.8. The lowest BCUT2D eigenvalue weighted by Crippen LogP contribution is -2.51. The van der Waals surface area contributed by atoms with Crippen LogP contribution < -0.4 is 19.1 Å². The normalized spacial score (nSPS) is 11.9. The van der Waals surface area contributed by atoms with Gasteiger partial charge >= 0.3 is 0 Å². The van der Waals surface area contributed by atoms with Crippen LogP contribution in [0.4, 0.5) is 5.69 Å². The molecule has 41 heavy (non-hydrogen) atoms. The molecule has 11 heteroatoms. The molecule has 0 aromatic heterocycles. The molecule has 0 saturated heterocycles. The highest BCUT2D eigenvalue weighted by atomic mass is 35.5. The molecule has 0 aliphatic rings. The van der Waals surface area contributed by atoms with Crippen LogP contribution in [0.1, 0.15) is 31.4 Å². The predicted molar refractivity (Wildman–Crippen MR) is 160 cm³/mol. The van der Waals surface area contributed by atoms with Crippen LogP contribution in [0.25, 0.3) is 0 Å². The van der Waals surface area contributed by atoms with Crippen molar-refractivity contribution in [2.24, 2.45) is 0 Å². The third kappa shape index (κ3) is 7.92. The first-order valence-corrected chi connectivity index (χ1v) is 15.0. The zero-order valence-corrected chi connectivity index (χ0v) is 25.5. The van der Waals surface area contributed by atoms with E-state index in [-0.39, 0.29) is 28.8 Å². The molecule has 0 saturated carbocycles. The van der Waals surface area contributed by atoms with E-state index >= 15 is 0 Å². The molecule has 0 radical (unpaired) electrons. The van der Waals surface area contributed by atoms with Crippen molar-refractivity contribution in [3.8, 4) is 11.5 Å². The number of amides is 2. The number of hydrogen-bond donors (Lipinski definition) is 1. The number of anilines is 1. The van der Waals surface area contributed by atoms with Crippen molar-refractivity contribution < 1.29 is 27.5 Å². The summed E-state index contributed by atoms with van der Waals surface area (Å²) in [4.78, 5) is 28.2. The molecule has 0 spiro atoms. The highest BCUT2D eigenvalue weighted by Crippen LogP contribution is 2.32. The summed E-state index contributed by atoms with van der Waals surface area (Å²) in [5.74, 6) is -0.299. The number of methoxy groups -OCH3 is 2. The number of carbonyl (C=O) groups excluding carboxylic acids is 2. The van der Waals surface area contributed by atoms with Gasteiger partial charge in [-0.25, -0.2) is 8.42 Å². The van der Waals surface area contributed by atoms with Gasteiger partial charge in [0.15, 0.2) is 11.5 Å². The summed E-state index contributed by atoms with van der Waals surface area (Å²) >= 11 is 6.08. The van der Waals surface area contributed by atoms with Gasteiger partial charge in [0.05, 0.1) is 24.8 Å². The molecule has 0 heterocycles. The molecule has 220 valence electrons. The monoisotopic (exact) mass is 601 g/mol. The Morgan fingerprint density at radius 2 is 1.59 bits per heavy atom. The number of nitrogens with zero attached hydrogens (tertiary/aromatic N) is 2. The van der Waals surface area contributed by atoms with Crippen LogP contribution in [0.3, 0.4) is 0 Å². The van der Waals surface area contributed by atoms with Crippen molar-refractivity contribution in [2.75, 3.05) is 31.6 Å². The van der Waals surface area contributed by atoms with Gasteiger partial charge in [0.2, 0.25) is 11.8 Å². The summed E-state index contributed by atoms with van der Waals surface area (Å²) in [5, 5.41) is 3.24. The number of aryl methyl sites for hydroxylation is 1. The first-order chi connectivity index (χ1) is 19.5. The molecule has 9 nitrogen and oxygen atoms in total. The van der Waals surface area contributed by atoms with Crippen LogP contribution in [-0.4, -0.2) is 58.5 Å². The molecule has 1 N–H and O–H groups in total. The first kappa shape index (κ1) is 31.8. The van der Waals surface area contributed by atoms with Gasteiger partial charge in [-0.3, -0.25) is 13.9 Å². The quantitative estimate of drug-likeness (QED) is 0.302. The van der Waals surface area contributed by atoms with Gasteiger partial charge in [0.25, 0.3) is 10.0 Å². The maximum Gasteiger partial charge on any atom is 0.264 e. The van der Waals surface area contributed by atoms with Gasteiger partial charge in [-0.15, -0.1) is 0 Å². The second kappa shape index (κ2) is 14.2. The Bertz CT molecular complexity index is 1450. The lowest BCUT2D eigenvalue weighted by Gasteiger charge is -2.32. The molecule has 0 aliphatic carbocycles. The summed E-state index contributed by atoms with van der Waals surface area (Å²) in [6.07, 6.45) is 0.734. The summed E-state index contributed by atoms with van der Waals surface area (Å²) in [6, 6.07) is 17.1. The molecule has 3 aromatic carbocycles. The Morgan fingerprint density at radius 1 is 0.951 bits per heavy atom. The van der Waals surface area contributed by atoms with Crippen molar-refractivity contribution >= 4 is 39.1 Å². The van der Waals surface area contributed by atoms with Crippen LogP contribution in [0.2, 0.25) is 5.02 Å². The Morgan fingerprint density at radius 3 is 2.17 bits per heavy atom. The zero-order chi connectivity index (χ0) is 30.2. The maximum absolute atomic E-state index is 14.0. The van der Waals surface area contributed by atoms with Crippen LogP contribution in [0, 0.1) is 6.92 Å². The van der Waals surface area contributed by atoms with Crippen LogP contribution >= 0.6 is 11.6 Å². The highest BCUT2D eigenvalue weighted by molar-refractivity contribution is 7.92. The van der Waals surface area contributed by atoms with Gasteiger partial charge < -0.3 is 19.7 Å². The average Bonchev–Trinajstić information content (AvgIpc) is 2.97. The molecule has 0 aliphatic heterocycles. The Hall–Kier alpha value is -3.76. The van der Waals surface area contributed by atoms with Gasteiger partial charge in [-0.1, -0.05) is 48.4 Å². The molecule has 0 bridgehead atoms. The summed E-state index contributed by atoms with van der Waals surface area (Å²) in [5.41, 5.74) is 2.09. The number of rotatable bonds is 13. The van der Waals surface area contributed by atoms with Gasteiger partial charge in [-0.2, -0.15) is 0 Å². The van der Waals surface area contributed by atoms with Crippen molar-refractivity contribution in [1.29, 1.82) is 0 Å². The fourth-order valence-electron chi connectivity index (χ4n) is 4.11. The van der Waals surface area contributed by atoms with Crippen LogP contribution in [0.5, 0.6) is 11.5 Å². The van der Waals surface area contributed by atoms with Gasteiger partial charge in [0, 0.05) is 24.2 Å². The molecule has 3 aromatic rings. The van der Waals surface area contributed by atoms with E-state index in [1.165, 1.54) is 49.5 Å². The molecule has 2 amide bonds. The molecule has 0 unspecified atom stereocenters. The Balaban J connectivity index is 2.05. The van der Waals surface area contributed by atoms with E-state index < -0.39 is 28.5 Å².